The maximum atomic E-state index is 9.61. The van der Waals surface area contributed by atoms with E-state index >= 15 is 0 Å². The van der Waals surface area contributed by atoms with Crippen LogP contribution in [0.3, 0.4) is 0 Å². The zero-order valence-corrected chi connectivity index (χ0v) is 9.99. The molecule has 0 spiro atoms. The van der Waals surface area contributed by atoms with Gasteiger partial charge in [-0.3, -0.25) is 0 Å². The molecule has 0 aromatic carbocycles. The van der Waals surface area contributed by atoms with E-state index in [-0.39, 0.29) is 0 Å². The third-order valence-electron chi connectivity index (χ3n) is 4.48. The number of piperidine rings is 1. The molecule has 0 radical (unpaired) electrons. The van der Waals surface area contributed by atoms with Gasteiger partial charge in [0.05, 0.1) is 0 Å². The Hall–Kier alpha value is -0.0800. The summed E-state index contributed by atoms with van der Waals surface area (Å²) in [5, 5.41) is 9.61. The smallest absolute Gasteiger partial charge is 0.0465 e. The number of likely N-dealkylation sites (tertiary alicyclic amines) is 1. The van der Waals surface area contributed by atoms with E-state index in [4.69, 9.17) is 0 Å². The Bertz CT molecular complexity index is 189. The third kappa shape index (κ3) is 2.73. The lowest BCUT2D eigenvalue weighted by atomic mass is 9.77. The molecule has 0 amide bonds. The Morgan fingerprint density at radius 3 is 2.40 bits per heavy atom. The molecule has 2 fully saturated rings. The van der Waals surface area contributed by atoms with Crippen LogP contribution in [0, 0.1) is 17.8 Å². The largest absolute Gasteiger partial charge is 0.396 e. The third-order valence-corrected chi connectivity index (χ3v) is 4.48. The van der Waals surface area contributed by atoms with Gasteiger partial charge in [0.2, 0.25) is 0 Å². The minimum atomic E-state index is 0.420. The van der Waals surface area contributed by atoms with E-state index in [0.717, 1.165) is 11.8 Å². The quantitative estimate of drug-likeness (QED) is 0.773. The maximum absolute atomic E-state index is 9.61. The van der Waals surface area contributed by atoms with E-state index < -0.39 is 0 Å². The number of aliphatic hydroxyl groups excluding tert-OH is 1. The zero-order valence-electron chi connectivity index (χ0n) is 9.99. The summed E-state index contributed by atoms with van der Waals surface area (Å²) < 4.78 is 0. The van der Waals surface area contributed by atoms with Gasteiger partial charge in [-0.05, 0) is 44.2 Å². The summed E-state index contributed by atoms with van der Waals surface area (Å²) in [6.07, 6.45) is 8.18. The second kappa shape index (κ2) is 5.31. The van der Waals surface area contributed by atoms with Crippen molar-refractivity contribution < 1.29 is 5.11 Å². The van der Waals surface area contributed by atoms with Crippen molar-refractivity contribution in [2.24, 2.45) is 17.8 Å². The number of hydrogen-bond acceptors (Lipinski definition) is 2. The molecule has 2 heteroatoms. The Morgan fingerprint density at radius 1 is 1.13 bits per heavy atom. The van der Waals surface area contributed by atoms with Crippen LogP contribution >= 0.6 is 0 Å². The highest BCUT2D eigenvalue weighted by atomic mass is 16.3. The summed E-state index contributed by atoms with van der Waals surface area (Å²) in [6, 6.07) is 0. The average molecular weight is 211 g/mol. The Balaban J connectivity index is 1.92. The maximum Gasteiger partial charge on any atom is 0.0465 e. The van der Waals surface area contributed by atoms with E-state index in [9.17, 15) is 5.11 Å². The van der Waals surface area contributed by atoms with Crippen molar-refractivity contribution in [3.63, 3.8) is 0 Å². The Morgan fingerprint density at radius 2 is 1.80 bits per heavy atom. The van der Waals surface area contributed by atoms with E-state index in [1.165, 1.54) is 51.6 Å². The first-order valence-corrected chi connectivity index (χ1v) is 6.60. The fourth-order valence-corrected chi connectivity index (χ4v) is 3.62. The lowest BCUT2D eigenvalue weighted by Gasteiger charge is -2.37. The highest BCUT2D eigenvalue weighted by molar-refractivity contribution is 4.83. The Labute approximate surface area is 93.7 Å². The van der Waals surface area contributed by atoms with Gasteiger partial charge < -0.3 is 10.0 Å². The molecule has 2 unspecified atom stereocenters. The second-order valence-corrected chi connectivity index (χ2v) is 5.56. The lowest BCUT2D eigenvalue weighted by molar-refractivity contribution is 0.0733. The van der Waals surface area contributed by atoms with Crippen molar-refractivity contribution in [3.05, 3.63) is 0 Å². The number of nitrogens with zero attached hydrogens (tertiary/aromatic N) is 1. The highest BCUT2D eigenvalue weighted by Crippen LogP contribution is 2.37. The van der Waals surface area contributed by atoms with E-state index in [2.05, 4.69) is 11.9 Å². The van der Waals surface area contributed by atoms with Gasteiger partial charge in [0.15, 0.2) is 0 Å². The monoisotopic (exact) mass is 211 g/mol. The summed E-state index contributed by atoms with van der Waals surface area (Å²) in [4.78, 5) is 2.44. The normalized spacial score (nSPS) is 32.0. The van der Waals surface area contributed by atoms with Crippen molar-refractivity contribution in [2.45, 2.75) is 38.5 Å². The summed E-state index contributed by atoms with van der Waals surface area (Å²) >= 11 is 0. The van der Waals surface area contributed by atoms with E-state index in [1.54, 1.807) is 0 Å². The first-order valence-electron chi connectivity index (χ1n) is 6.60. The van der Waals surface area contributed by atoms with Gasteiger partial charge in [-0.15, -0.1) is 0 Å². The van der Waals surface area contributed by atoms with E-state index in [1.807, 2.05) is 0 Å². The molecule has 2 atom stereocenters. The predicted molar refractivity (Wildman–Crippen MR) is 62.8 cm³/mol. The van der Waals surface area contributed by atoms with Crippen LogP contribution in [0.15, 0.2) is 0 Å². The van der Waals surface area contributed by atoms with Gasteiger partial charge >= 0.3 is 0 Å². The molecule has 1 N–H and O–H groups in total. The van der Waals surface area contributed by atoms with Crippen LogP contribution in [0.1, 0.15) is 38.5 Å². The molecule has 2 rings (SSSR count). The van der Waals surface area contributed by atoms with Crippen molar-refractivity contribution in [2.75, 3.05) is 26.7 Å². The second-order valence-electron chi connectivity index (χ2n) is 5.56. The average Bonchev–Trinajstić information content (AvgIpc) is 2.72. The van der Waals surface area contributed by atoms with Crippen molar-refractivity contribution in [1.29, 1.82) is 0 Å². The molecule has 0 aromatic heterocycles. The standard InChI is InChI=1S/C13H25NO/c1-14-8-4-7-12(9-14)13(10-15)11-5-2-3-6-11/h11-13,15H,2-10H2,1H3. The number of hydrogen-bond donors (Lipinski definition) is 1. The summed E-state index contributed by atoms with van der Waals surface area (Å²) in [5.74, 6) is 2.18. The predicted octanol–water partition coefficient (Wildman–Crippen LogP) is 2.13. The molecule has 0 aromatic rings. The summed E-state index contributed by atoms with van der Waals surface area (Å²) in [6.45, 7) is 2.88. The van der Waals surface area contributed by atoms with Crippen molar-refractivity contribution in [3.8, 4) is 0 Å². The highest BCUT2D eigenvalue weighted by Gasteiger charge is 2.32. The molecular formula is C13H25NO. The minimum Gasteiger partial charge on any atom is -0.396 e. The molecule has 2 aliphatic rings. The van der Waals surface area contributed by atoms with Crippen LogP contribution in [-0.4, -0.2) is 36.8 Å². The molecule has 2 nitrogen and oxygen atoms in total. The lowest BCUT2D eigenvalue weighted by Crippen LogP contribution is -2.39. The Kier molecular flexibility index (Phi) is 4.04. The molecule has 1 aliphatic heterocycles. The molecule has 0 bridgehead atoms. The molecule has 1 aliphatic carbocycles. The summed E-state index contributed by atoms with van der Waals surface area (Å²) in [5.41, 5.74) is 0. The van der Waals surface area contributed by atoms with Gasteiger partial charge in [-0.1, -0.05) is 25.7 Å². The molecule has 88 valence electrons. The molecular weight excluding hydrogens is 186 g/mol. The number of rotatable bonds is 3. The van der Waals surface area contributed by atoms with Crippen LogP contribution < -0.4 is 0 Å². The van der Waals surface area contributed by atoms with Crippen molar-refractivity contribution in [1.82, 2.24) is 4.90 Å². The first-order chi connectivity index (χ1) is 7.31. The summed E-state index contributed by atoms with van der Waals surface area (Å²) in [7, 11) is 2.22. The van der Waals surface area contributed by atoms with Gasteiger partial charge in [0, 0.05) is 13.2 Å². The zero-order chi connectivity index (χ0) is 10.7. The SMILES string of the molecule is CN1CCCC(C(CO)C2CCCC2)C1. The van der Waals surface area contributed by atoms with E-state index in [0.29, 0.717) is 12.5 Å². The minimum absolute atomic E-state index is 0.420. The van der Waals surface area contributed by atoms with Crippen LogP contribution in [0.25, 0.3) is 0 Å². The van der Waals surface area contributed by atoms with Crippen molar-refractivity contribution >= 4 is 0 Å². The molecule has 1 heterocycles. The fraction of sp³-hybridized carbons (Fsp3) is 1.00. The molecule has 1 saturated carbocycles. The number of aliphatic hydroxyl groups is 1. The molecule has 1 saturated heterocycles. The fourth-order valence-electron chi connectivity index (χ4n) is 3.62. The van der Waals surface area contributed by atoms with Crippen LogP contribution in [-0.2, 0) is 0 Å². The first kappa shape index (κ1) is 11.4. The van der Waals surface area contributed by atoms with Gasteiger partial charge in [0.25, 0.3) is 0 Å². The topological polar surface area (TPSA) is 23.5 Å². The van der Waals surface area contributed by atoms with Crippen LogP contribution in [0.5, 0.6) is 0 Å². The van der Waals surface area contributed by atoms with Gasteiger partial charge in [-0.2, -0.15) is 0 Å². The molecule has 15 heavy (non-hydrogen) atoms. The van der Waals surface area contributed by atoms with Gasteiger partial charge in [-0.25, -0.2) is 0 Å². The van der Waals surface area contributed by atoms with Gasteiger partial charge in [0.1, 0.15) is 0 Å². The van der Waals surface area contributed by atoms with Crippen LogP contribution in [0.2, 0.25) is 0 Å². The van der Waals surface area contributed by atoms with Crippen LogP contribution in [0.4, 0.5) is 0 Å².